The van der Waals surface area contributed by atoms with E-state index in [2.05, 4.69) is 32.9 Å². The van der Waals surface area contributed by atoms with Crippen LogP contribution in [0.15, 0.2) is 42.5 Å². The highest BCUT2D eigenvalue weighted by molar-refractivity contribution is 14.1. The SMILES string of the molecule is Fc1cccc(Nc2ccccc2I)n1. The molecule has 1 N–H and O–H groups in total. The molecule has 0 aliphatic carbocycles. The molecule has 0 spiro atoms. The molecule has 15 heavy (non-hydrogen) atoms. The van der Waals surface area contributed by atoms with Crippen LogP contribution in [0.1, 0.15) is 0 Å². The number of anilines is 2. The van der Waals surface area contributed by atoms with E-state index in [0.717, 1.165) is 9.26 Å². The van der Waals surface area contributed by atoms with E-state index in [1.54, 1.807) is 12.1 Å². The molecule has 0 bridgehead atoms. The summed E-state index contributed by atoms with van der Waals surface area (Å²) in [6, 6.07) is 12.4. The smallest absolute Gasteiger partial charge is 0.214 e. The van der Waals surface area contributed by atoms with E-state index in [9.17, 15) is 4.39 Å². The van der Waals surface area contributed by atoms with Crippen molar-refractivity contribution < 1.29 is 4.39 Å². The van der Waals surface area contributed by atoms with Crippen LogP contribution in [0.5, 0.6) is 0 Å². The van der Waals surface area contributed by atoms with E-state index >= 15 is 0 Å². The largest absolute Gasteiger partial charge is 0.339 e. The van der Waals surface area contributed by atoms with Gasteiger partial charge in [-0.05, 0) is 46.9 Å². The summed E-state index contributed by atoms with van der Waals surface area (Å²) in [4.78, 5) is 3.73. The fourth-order valence-corrected chi connectivity index (χ4v) is 1.70. The summed E-state index contributed by atoms with van der Waals surface area (Å²) in [6.45, 7) is 0. The quantitative estimate of drug-likeness (QED) is 0.677. The second-order valence-electron chi connectivity index (χ2n) is 2.95. The van der Waals surface area contributed by atoms with Gasteiger partial charge in [0.1, 0.15) is 5.82 Å². The van der Waals surface area contributed by atoms with Crippen LogP contribution < -0.4 is 5.32 Å². The molecular formula is C11H8FIN2. The van der Waals surface area contributed by atoms with E-state index in [-0.39, 0.29) is 0 Å². The molecule has 2 nitrogen and oxygen atoms in total. The topological polar surface area (TPSA) is 24.9 Å². The number of pyridine rings is 1. The zero-order valence-corrected chi connectivity index (χ0v) is 9.90. The molecule has 0 saturated heterocycles. The Hall–Kier alpha value is -1.17. The van der Waals surface area contributed by atoms with E-state index in [1.165, 1.54) is 6.07 Å². The van der Waals surface area contributed by atoms with Crippen LogP contribution in [0.4, 0.5) is 15.9 Å². The van der Waals surface area contributed by atoms with E-state index < -0.39 is 5.95 Å². The standard InChI is InChI=1S/C11H8FIN2/c12-10-6-3-7-11(15-10)14-9-5-2-1-4-8(9)13/h1-7H,(H,14,15). The fraction of sp³-hybridized carbons (Fsp3) is 0. The maximum Gasteiger partial charge on any atom is 0.214 e. The Bertz CT molecular complexity index is 474. The average molecular weight is 314 g/mol. The van der Waals surface area contributed by atoms with Crippen LogP contribution in [-0.4, -0.2) is 4.98 Å². The van der Waals surface area contributed by atoms with Crippen LogP contribution >= 0.6 is 22.6 Å². The van der Waals surface area contributed by atoms with Gasteiger partial charge in [-0.15, -0.1) is 0 Å². The summed E-state index contributed by atoms with van der Waals surface area (Å²) in [5, 5.41) is 3.05. The molecule has 76 valence electrons. The van der Waals surface area contributed by atoms with Gasteiger partial charge in [0.05, 0.1) is 5.69 Å². The zero-order valence-electron chi connectivity index (χ0n) is 7.74. The van der Waals surface area contributed by atoms with Gasteiger partial charge < -0.3 is 5.32 Å². The molecule has 0 radical (unpaired) electrons. The van der Waals surface area contributed by atoms with E-state index in [4.69, 9.17) is 0 Å². The van der Waals surface area contributed by atoms with Crippen molar-refractivity contribution in [1.82, 2.24) is 4.98 Å². The van der Waals surface area contributed by atoms with Gasteiger partial charge in [0, 0.05) is 3.57 Å². The maximum atomic E-state index is 12.8. The van der Waals surface area contributed by atoms with Crippen LogP contribution in [0.2, 0.25) is 0 Å². The molecular weight excluding hydrogens is 306 g/mol. The molecule has 0 aliphatic heterocycles. The number of nitrogens with one attached hydrogen (secondary N) is 1. The van der Waals surface area contributed by atoms with Gasteiger partial charge in [-0.1, -0.05) is 18.2 Å². The first-order valence-electron chi connectivity index (χ1n) is 4.40. The van der Waals surface area contributed by atoms with Crippen molar-refractivity contribution in [2.24, 2.45) is 0 Å². The van der Waals surface area contributed by atoms with Gasteiger partial charge in [0.2, 0.25) is 5.95 Å². The zero-order chi connectivity index (χ0) is 10.7. The van der Waals surface area contributed by atoms with Gasteiger partial charge >= 0.3 is 0 Å². The number of para-hydroxylation sites is 1. The molecule has 1 aromatic carbocycles. The number of hydrogen-bond acceptors (Lipinski definition) is 2. The summed E-state index contributed by atoms with van der Waals surface area (Å²) in [5.74, 6) is 0.0325. The molecule has 1 aromatic heterocycles. The van der Waals surface area contributed by atoms with E-state index in [1.807, 2.05) is 24.3 Å². The number of aromatic nitrogens is 1. The minimum absolute atomic E-state index is 0.481. The second-order valence-corrected chi connectivity index (χ2v) is 4.11. The highest BCUT2D eigenvalue weighted by atomic mass is 127. The van der Waals surface area contributed by atoms with Crippen LogP contribution in [0, 0.1) is 9.52 Å². The molecule has 2 rings (SSSR count). The third kappa shape index (κ3) is 2.65. The van der Waals surface area contributed by atoms with Crippen LogP contribution in [0.3, 0.4) is 0 Å². The molecule has 0 saturated carbocycles. The van der Waals surface area contributed by atoms with Crippen molar-refractivity contribution in [2.75, 3.05) is 5.32 Å². The predicted molar refractivity (Wildman–Crippen MR) is 66.6 cm³/mol. The first kappa shape index (κ1) is 10.4. The number of rotatable bonds is 2. The van der Waals surface area contributed by atoms with Crippen LogP contribution in [0.25, 0.3) is 0 Å². The first-order chi connectivity index (χ1) is 7.25. The van der Waals surface area contributed by atoms with E-state index in [0.29, 0.717) is 5.82 Å². The molecule has 4 heteroatoms. The summed E-state index contributed by atoms with van der Waals surface area (Å²) < 4.78 is 13.9. The maximum absolute atomic E-state index is 12.8. The van der Waals surface area contributed by atoms with Crippen molar-refractivity contribution in [3.8, 4) is 0 Å². The van der Waals surface area contributed by atoms with Crippen molar-refractivity contribution in [2.45, 2.75) is 0 Å². The lowest BCUT2D eigenvalue weighted by Crippen LogP contribution is -1.96. The lowest BCUT2D eigenvalue weighted by atomic mass is 10.3. The van der Waals surface area contributed by atoms with Crippen molar-refractivity contribution in [3.63, 3.8) is 0 Å². The molecule has 0 atom stereocenters. The molecule has 0 unspecified atom stereocenters. The van der Waals surface area contributed by atoms with Gasteiger partial charge in [-0.3, -0.25) is 0 Å². The average Bonchev–Trinajstić information content (AvgIpc) is 2.22. The number of benzene rings is 1. The Labute approximate surface area is 101 Å². The Morgan fingerprint density at radius 3 is 2.60 bits per heavy atom. The van der Waals surface area contributed by atoms with Gasteiger partial charge in [0.25, 0.3) is 0 Å². The Balaban J connectivity index is 2.26. The molecule has 0 amide bonds. The molecule has 1 heterocycles. The first-order valence-corrected chi connectivity index (χ1v) is 5.48. The number of nitrogens with zero attached hydrogens (tertiary/aromatic N) is 1. The highest BCUT2D eigenvalue weighted by Crippen LogP contribution is 2.20. The number of halogens is 2. The third-order valence-electron chi connectivity index (χ3n) is 1.85. The van der Waals surface area contributed by atoms with Crippen molar-refractivity contribution in [3.05, 3.63) is 52.0 Å². The van der Waals surface area contributed by atoms with Gasteiger partial charge in [-0.25, -0.2) is 4.98 Å². The number of hydrogen-bond donors (Lipinski definition) is 1. The van der Waals surface area contributed by atoms with Crippen molar-refractivity contribution in [1.29, 1.82) is 0 Å². The predicted octanol–water partition coefficient (Wildman–Crippen LogP) is 3.57. The minimum Gasteiger partial charge on any atom is -0.339 e. The van der Waals surface area contributed by atoms with Gasteiger partial charge in [-0.2, -0.15) is 4.39 Å². The minimum atomic E-state index is -0.481. The summed E-state index contributed by atoms with van der Waals surface area (Å²) >= 11 is 2.21. The molecule has 0 fully saturated rings. The molecule has 0 aliphatic rings. The third-order valence-corrected chi connectivity index (χ3v) is 2.79. The Kier molecular flexibility index (Phi) is 3.15. The van der Waals surface area contributed by atoms with Crippen molar-refractivity contribution >= 4 is 34.1 Å². The Morgan fingerprint density at radius 2 is 1.87 bits per heavy atom. The monoisotopic (exact) mass is 314 g/mol. The normalized spacial score (nSPS) is 10.0. The summed E-state index contributed by atoms with van der Waals surface area (Å²) in [5.41, 5.74) is 0.927. The lowest BCUT2D eigenvalue weighted by Gasteiger charge is -2.06. The van der Waals surface area contributed by atoms with Crippen LogP contribution in [-0.2, 0) is 0 Å². The summed E-state index contributed by atoms with van der Waals surface area (Å²) in [6.07, 6.45) is 0. The Morgan fingerprint density at radius 1 is 1.07 bits per heavy atom. The fourth-order valence-electron chi connectivity index (χ4n) is 1.18. The highest BCUT2D eigenvalue weighted by Gasteiger charge is 2.00. The van der Waals surface area contributed by atoms with Gasteiger partial charge in [0.15, 0.2) is 0 Å². The summed E-state index contributed by atoms with van der Waals surface area (Å²) in [7, 11) is 0. The second kappa shape index (κ2) is 4.57. The molecule has 2 aromatic rings. The lowest BCUT2D eigenvalue weighted by molar-refractivity contribution is 0.585.